The molecule has 4 atom stereocenters. The van der Waals surface area contributed by atoms with Gasteiger partial charge in [-0.3, -0.25) is 10.1 Å². The van der Waals surface area contributed by atoms with Crippen LogP contribution >= 0.6 is 0 Å². The molecule has 1 saturated heterocycles. The molecule has 2 rings (SSSR count). The van der Waals surface area contributed by atoms with E-state index in [0.717, 1.165) is 45.3 Å². The van der Waals surface area contributed by atoms with E-state index in [9.17, 15) is 4.79 Å². The fourth-order valence-electron chi connectivity index (χ4n) is 3.34. The number of hydrogen-bond acceptors (Lipinski definition) is 4. The molecule has 2 aliphatic rings. The van der Waals surface area contributed by atoms with Crippen LogP contribution in [0.15, 0.2) is 0 Å². The minimum Gasteiger partial charge on any atom is -0.468 e. The zero-order chi connectivity index (χ0) is 13.9. The van der Waals surface area contributed by atoms with Gasteiger partial charge in [0, 0.05) is 13.2 Å². The molecule has 1 aliphatic heterocycles. The van der Waals surface area contributed by atoms with Crippen molar-refractivity contribution in [1.82, 2.24) is 5.32 Å². The van der Waals surface area contributed by atoms with Crippen molar-refractivity contribution in [2.45, 2.75) is 57.6 Å². The summed E-state index contributed by atoms with van der Waals surface area (Å²) in [5, 5.41) is 3.48. The highest BCUT2D eigenvalue weighted by atomic mass is 16.5. The predicted octanol–water partition coefficient (Wildman–Crippen LogP) is 2.12. The Morgan fingerprint density at radius 2 is 2.16 bits per heavy atom. The maximum atomic E-state index is 12.2. The zero-order valence-electron chi connectivity index (χ0n) is 12.4. The van der Waals surface area contributed by atoms with Crippen LogP contribution in [0.25, 0.3) is 0 Å². The van der Waals surface area contributed by atoms with E-state index in [1.54, 1.807) is 0 Å². The second-order valence-electron chi connectivity index (χ2n) is 6.29. The zero-order valence-corrected chi connectivity index (χ0v) is 12.4. The molecule has 4 nitrogen and oxygen atoms in total. The van der Waals surface area contributed by atoms with E-state index in [1.165, 1.54) is 7.11 Å². The minimum atomic E-state index is -0.493. The van der Waals surface area contributed by atoms with Gasteiger partial charge in [-0.2, -0.15) is 0 Å². The molecule has 4 unspecified atom stereocenters. The lowest BCUT2D eigenvalue weighted by Crippen LogP contribution is -2.57. The number of nitrogens with one attached hydrogen (secondary N) is 1. The van der Waals surface area contributed by atoms with E-state index in [0.29, 0.717) is 11.8 Å². The van der Waals surface area contributed by atoms with Crippen LogP contribution in [-0.4, -0.2) is 37.9 Å². The van der Waals surface area contributed by atoms with E-state index in [2.05, 4.69) is 19.2 Å². The summed E-state index contributed by atoms with van der Waals surface area (Å²) in [6, 6.07) is 0. The lowest BCUT2D eigenvalue weighted by atomic mass is 9.71. The summed E-state index contributed by atoms with van der Waals surface area (Å²) in [5.74, 6) is 1.12. The van der Waals surface area contributed by atoms with Crippen molar-refractivity contribution in [1.29, 1.82) is 0 Å². The molecule has 1 aliphatic carbocycles. The van der Waals surface area contributed by atoms with Gasteiger partial charge in [0.25, 0.3) is 0 Å². The van der Waals surface area contributed by atoms with Gasteiger partial charge >= 0.3 is 5.97 Å². The Bertz CT molecular complexity index is 315. The maximum Gasteiger partial charge on any atom is 0.326 e. The van der Waals surface area contributed by atoms with Crippen LogP contribution in [0.1, 0.15) is 46.0 Å². The average molecular weight is 269 g/mol. The minimum absolute atomic E-state index is 0.107. The van der Waals surface area contributed by atoms with Gasteiger partial charge in [0.05, 0.1) is 13.2 Å². The molecule has 19 heavy (non-hydrogen) atoms. The fraction of sp³-hybridized carbons (Fsp3) is 0.933. The molecular formula is C15H27NO3. The third-order valence-corrected chi connectivity index (χ3v) is 4.94. The van der Waals surface area contributed by atoms with Crippen molar-refractivity contribution in [2.75, 3.05) is 20.3 Å². The van der Waals surface area contributed by atoms with Gasteiger partial charge < -0.3 is 9.47 Å². The third kappa shape index (κ3) is 3.29. The van der Waals surface area contributed by atoms with Crippen molar-refractivity contribution in [2.24, 2.45) is 11.8 Å². The second-order valence-corrected chi connectivity index (χ2v) is 6.29. The fourth-order valence-corrected chi connectivity index (χ4v) is 3.34. The Kier molecular flexibility index (Phi) is 4.85. The number of carbonyl (C=O) groups is 1. The molecule has 1 saturated carbocycles. The number of esters is 1. The van der Waals surface area contributed by atoms with Gasteiger partial charge in [-0.1, -0.05) is 13.8 Å². The smallest absolute Gasteiger partial charge is 0.326 e. The van der Waals surface area contributed by atoms with Crippen molar-refractivity contribution in [3.05, 3.63) is 0 Å². The summed E-state index contributed by atoms with van der Waals surface area (Å²) in [5.41, 5.74) is -0.493. The molecular weight excluding hydrogens is 242 g/mol. The summed E-state index contributed by atoms with van der Waals surface area (Å²) in [4.78, 5) is 12.2. The number of hydrogen-bond donors (Lipinski definition) is 1. The topological polar surface area (TPSA) is 47.6 Å². The molecule has 0 bridgehead atoms. The van der Waals surface area contributed by atoms with Crippen LogP contribution in [-0.2, 0) is 14.3 Å². The molecule has 0 amide bonds. The monoisotopic (exact) mass is 269 g/mol. The van der Waals surface area contributed by atoms with Gasteiger partial charge in [0.2, 0.25) is 0 Å². The van der Waals surface area contributed by atoms with Crippen LogP contribution in [0, 0.1) is 11.8 Å². The van der Waals surface area contributed by atoms with Gasteiger partial charge in [-0.05, 0) is 43.9 Å². The Hall–Kier alpha value is -0.610. The summed E-state index contributed by atoms with van der Waals surface area (Å²) < 4.78 is 10.7. The first-order chi connectivity index (χ1) is 9.07. The van der Waals surface area contributed by atoms with Gasteiger partial charge in [0.15, 0.2) is 0 Å². The molecule has 110 valence electrons. The lowest BCUT2D eigenvalue weighted by Gasteiger charge is -2.41. The molecule has 4 heteroatoms. The average Bonchev–Trinajstić information content (AvgIpc) is 2.93. The summed E-state index contributed by atoms with van der Waals surface area (Å²) in [6.07, 6.45) is 5.30. The number of ether oxygens (including phenoxy) is 2. The molecule has 0 aromatic heterocycles. The molecule has 1 N–H and O–H groups in total. The number of carbonyl (C=O) groups excluding carboxylic acids is 1. The number of methoxy groups -OCH3 is 1. The van der Waals surface area contributed by atoms with Crippen molar-refractivity contribution in [3.63, 3.8) is 0 Å². The molecule has 0 aromatic rings. The summed E-state index contributed by atoms with van der Waals surface area (Å²) in [7, 11) is 1.49. The largest absolute Gasteiger partial charge is 0.468 e. The van der Waals surface area contributed by atoms with E-state index < -0.39 is 5.54 Å². The quantitative estimate of drug-likeness (QED) is 0.794. The number of rotatable bonds is 4. The Balaban J connectivity index is 2.00. The Morgan fingerprint density at radius 1 is 1.37 bits per heavy atom. The highest BCUT2D eigenvalue weighted by Gasteiger charge is 2.44. The first-order valence-corrected chi connectivity index (χ1v) is 7.52. The van der Waals surface area contributed by atoms with Crippen LogP contribution in [0.5, 0.6) is 0 Å². The Labute approximate surface area is 116 Å². The van der Waals surface area contributed by atoms with Gasteiger partial charge in [-0.15, -0.1) is 0 Å². The van der Waals surface area contributed by atoms with E-state index in [1.807, 2.05) is 0 Å². The SMILES string of the molecule is COC(=O)C1(NCC2CCCO2)CCC(C)C(C)C1. The van der Waals surface area contributed by atoms with Crippen LogP contribution in [0.3, 0.4) is 0 Å². The van der Waals surface area contributed by atoms with E-state index in [4.69, 9.17) is 9.47 Å². The molecule has 0 spiro atoms. The van der Waals surface area contributed by atoms with Crippen molar-refractivity contribution >= 4 is 5.97 Å². The van der Waals surface area contributed by atoms with Crippen molar-refractivity contribution in [3.8, 4) is 0 Å². The van der Waals surface area contributed by atoms with E-state index >= 15 is 0 Å². The normalized spacial score (nSPS) is 39.2. The van der Waals surface area contributed by atoms with Crippen molar-refractivity contribution < 1.29 is 14.3 Å². The van der Waals surface area contributed by atoms with Gasteiger partial charge in [-0.25, -0.2) is 0 Å². The Morgan fingerprint density at radius 3 is 2.74 bits per heavy atom. The standard InChI is InChI=1S/C15H27NO3/c1-11-6-7-15(9-12(11)2,14(17)18-3)16-10-13-5-4-8-19-13/h11-13,16H,4-10H2,1-3H3. The molecule has 2 fully saturated rings. The molecule has 0 radical (unpaired) electrons. The van der Waals surface area contributed by atoms with Crippen LogP contribution in [0.2, 0.25) is 0 Å². The maximum absolute atomic E-state index is 12.2. The first-order valence-electron chi connectivity index (χ1n) is 7.52. The summed E-state index contributed by atoms with van der Waals surface area (Å²) >= 11 is 0. The predicted molar refractivity (Wildman–Crippen MR) is 73.9 cm³/mol. The molecule has 0 aromatic carbocycles. The third-order valence-electron chi connectivity index (χ3n) is 4.94. The van der Waals surface area contributed by atoms with E-state index in [-0.39, 0.29) is 12.1 Å². The second kappa shape index (κ2) is 6.23. The first kappa shape index (κ1) is 14.8. The van der Waals surface area contributed by atoms with Gasteiger partial charge in [0.1, 0.15) is 5.54 Å². The summed E-state index contributed by atoms with van der Waals surface area (Å²) in [6.45, 7) is 6.11. The van der Waals surface area contributed by atoms with Crippen LogP contribution in [0.4, 0.5) is 0 Å². The lowest BCUT2D eigenvalue weighted by molar-refractivity contribution is -0.151. The molecule has 1 heterocycles. The highest BCUT2D eigenvalue weighted by Crippen LogP contribution is 2.37. The highest BCUT2D eigenvalue weighted by molar-refractivity contribution is 5.81. The van der Waals surface area contributed by atoms with Crippen LogP contribution < -0.4 is 5.32 Å².